The van der Waals surface area contributed by atoms with Gasteiger partial charge in [-0.3, -0.25) is 4.99 Å². The molecule has 20 heavy (non-hydrogen) atoms. The van der Waals surface area contributed by atoms with E-state index < -0.39 is 0 Å². The number of aromatic nitrogens is 4. The molecule has 0 saturated carbocycles. The lowest BCUT2D eigenvalue weighted by atomic mass is 10.0. The van der Waals surface area contributed by atoms with Crippen LogP contribution in [-0.4, -0.2) is 37.2 Å². The van der Waals surface area contributed by atoms with Gasteiger partial charge in [-0.2, -0.15) is 10.1 Å². The maximum Gasteiger partial charge on any atom is 0.226 e. The molecule has 0 aromatic carbocycles. The summed E-state index contributed by atoms with van der Waals surface area (Å²) in [6.45, 7) is 0.591. The highest BCUT2D eigenvalue weighted by atomic mass is 35.5. The summed E-state index contributed by atoms with van der Waals surface area (Å²) < 4.78 is 1.69. The third kappa shape index (κ3) is 2.37. The van der Waals surface area contributed by atoms with Crippen LogP contribution in [0.4, 0.5) is 5.82 Å². The average molecular weight is 293 g/mol. The number of fused-ring (bicyclic) bond motifs is 1. The first-order chi connectivity index (χ1) is 9.67. The van der Waals surface area contributed by atoms with Crippen LogP contribution in [0, 0.1) is 5.92 Å². The minimum Gasteiger partial charge on any atom is -0.396 e. The number of nitrogens with zero attached hydrogens (tertiary/aromatic N) is 5. The monoisotopic (exact) mass is 292 g/mol. The van der Waals surface area contributed by atoms with Crippen molar-refractivity contribution in [3.63, 3.8) is 0 Å². The molecule has 0 amide bonds. The summed E-state index contributed by atoms with van der Waals surface area (Å²) in [7, 11) is 0. The molecule has 7 nitrogen and oxygen atoms in total. The van der Waals surface area contributed by atoms with Gasteiger partial charge in [-0.05, 0) is 18.0 Å². The molecule has 2 aromatic rings. The molecule has 2 aromatic heterocycles. The SMILES string of the molecule is Nc1nc(Cl)nc2c1cnn2CC1=NC=CC(CO)C1. The molecule has 3 N–H and O–H groups in total. The van der Waals surface area contributed by atoms with Crippen LogP contribution < -0.4 is 5.73 Å². The lowest BCUT2D eigenvalue weighted by molar-refractivity contribution is 0.254. The van der Waals surface area contributed by atoms with E-state index in [4.69, 9.17) is 17.3 Å². The summed E-state index contributed by atoms with van der Waals surface area (Å²) in [5, 5.41) is 14.2. The molecule has 0 bridgehead atoms. The van der Waals surface area contributed by atoms with Crippen molar-refractivity contribution >= 4 is 34.2 Å². The normalized spacial score (nSPS) is 18.5. The molecule has 0 aliphatic carbocycles. The number of nitrogen functional groups attached to an aromatic ring is 1. The van der Waals surface area contributed by atoms with E-state index >= 15 is 0 Å². The maximum absolute atomic E-state index is 9.20. The number of anilines is 1. The number of aliphatic imine (C=N–C) groups is 1. The van der Waals surface area contributed by atoms with E-state index in [2.05, 4.69) is 20.1 Å². The minimum absolute atomic E-state index is 0.0930. The van der Waals surface area contributed by atoms with Gasteiger partial charge in [0.15, 0.2) is 5.65 Å². The third-order valence-corrected chi connectivity index (χ3v) is 3.35. The summed E-state index contributed by atoms with van der Waals surface area (Å²) >= 11 is 5.82. The van der Waals surface area contributed by atoms with Gasteiger partial charge in [-0.25, -0.2) is 9.67 Å². The van der Waals surface area contributed by atoms with Crippen molar-refractivity contribution in [1.29, 1.82) is 0 Å². The highest BCUT2D eigenvalue weighted by molar-refractivity contribution is 6.28. The van der Waals surface area contributed by atoms with E-state index in [0.717, 1.165) is 5.71 Å². The van der Waals surface area contributed by atoms with Crippen LogP contribution in [0.15, 0.2) is 23.5 Å². The maximum atomic E-state index is 9.20. The fourth-order valence-corrected chi connectivity index (χ4v) is 2.33. The molecule has 1 unspecified atom stereocenters. The predicted molar refractivity (Wildman–Crippen MR) is 76.5 cm³/mol. The summed E-state index contributed by atoms with van der Waals surface area (Å²) in [5.41, 5.74) is 7.29. The molecule has 1 aliphatic heterocycles. The molecule has 3 heterocycles. The Morgan fingerprint density at radius 2 is 2.30 bits per heavy atom. The lowest BCUT2D eigenvalue weighted by Gasteiger charge is -2.15. The number of aliphatic hydroxyl groups is 1. The second-order valence-electron chi connectivity index (χ2n) is 4.60. The predicted octanol–water partition coefficient (Wildman–Crippen LogP) is 1.03. The van der Waals surface area contributed by atoms with E-state index in [-0.39, 0.29) is 17.8 Å². The van der Waals surface area contributed by atoms with Crippen molar-refractivity contribution in [1.82, 2.24) is 19.7 Å². The van der Waals surface area contributed by atoms with E-state index in [1.54, 1.807) is 17.1 Å². The van der Waals surface area contributed by atoms with Crippen LogP contribution in [0.5, 0.6) is 0 Å². The van der Waals surface area contributed by atoms with E-state index in [0.29, 0.717) is 29.8 Å². The average Bonchev–Trinajstić information content (AvgIpc) is 2.82. The van der Waals surface area contributed by atoms with E-state index in [1.165, 1.54) is 0 Å². The fraction of sp³-hybridized carbons (Fsp3) is 0.333. The second kappa shape index (κ2) is 5.18. The minimum atomic E-state index is 0.0930. The molecule has 0 saturated heterocycles. The van der Waals surface area contributed by atoms with E-state index in [9.17, 15) is 5.11 Å². The van der Waals surface area contributed by atoms with Crippen molar-refractivity contribution < 1.29 is 5.11 Å². The first-order valence-electron chi connectivity index (χ1n) is 6.15. The molecule has 8 heteroatoms. The van der Waals surface area contributed by atoms with Gasteiger partial charge in [0.1, 0.15) is 5.82 Å². The summed E-state index contributed by atoms with van der Waals surface area (Å²) in [6, 6.07) is 0. The van der Waals surface area contributed by atoms with Gasteiger partial charge in [0.2, 0.25) is 5.28 Å². The van der Waals surface area contributed by atoms with Gasteiger partial charge in [0.05, 0.1) is 18.1 Å². The summed E-state index contributed by atoms with van der Waals surface area (Å²) in [6.07, 6.45) is 5.91. The van der Waals surface area contributed by atoms with Crippen LogP contribution in [-0.2, 0) is 6.54 Å². The molecule has 1 aliphatic rings. The van der Waals surface area contributed by atoms with Crippen molar-refractivity contribution in [3.8, 4) is 0 Å². The Morgan fingerprint density at radius 1 is 1.45 bits per heavy atom. The number of rotatable bonds is 3. The van der Waals surface area contributed by atoms with Crippen LogP contribution in [0.1, 0.15) is 6.42 Å². The van der Waals surface area contributed by atoms with Crippen LogP contribution >= 0.6 is 11.6 Å². The van der Waals surface area contributed by atoms with Crippen LogP contribution in [0.25, 0.3) is 11.0 Å². The molecule has 0 spiro atoms. The van der Waals surface area contributed by atoms with Crippen molar-refractivity contribution in [2.45, 2.75) is 13.0 Å². The molecule has 3 rings (SSSR count). The molecule has 0 fully saturated rings. The Kier molecular flexibility index (Phi) is 3.37. The molecule has 0 radical (unpaired) electrons. The molecular weight excluding hydrogens is 280 g/mol. The van der Waals surface area contributed by atoms with Crippen molar-refractivity contribution in [3.05, 3.63) is 23.8 Å². The first kappa shape index (κ1) is 13.0. The highest BCUT2D eigenvalue weighted by Crippen LogP contribution is 2.20. The third-order valence-electron chi connectivity index (χ3n) is 3.18. The summed E-state index contributed by atoms with van der Waals surface area (Å²) in [4.78, 5) is 12.4. The molecule has 104 valence electrons. The quantitative estimate of drug-likeness (QED) is 0.823. The van der Waals surface area contributed by atoms with Crippen molar-refractivity contribution in [2.24, 2.45) is 10.9 Å². The van der Waals surface area contributed by atoms with Gasteiger partial charge in [0, 0.05) is 24.4 Å². The topological polar surface area (TPSA) is 102 Å². The Hall–Kier alpha value is -1.99. The van der Waals surface area contributed by atoms with Crippen LogP contribution in [0.2, 0.25) is 5.28 Å². The zero-order valence-electron chi connectivity index (χ0n) is 10.6. The first-order valence-corrected chi connectivity index (χ1v) is 6.53. The summed E-state index contributed by atoms with van der Waals surface area (Å²) in [5.74, 6) is 0.414. The number of nitrogens with two attached hydrogens (primary N) is 1. The van der Waals surface area contributed by atoms with Gasteiger partial charge in [0.25, 0.3) is 0 Å². The number of hydrogen-bond donors (Lipinski definition) is 2. The molecule has 1 atom stereocenters. The van der Waals surface area contributed by atoms with Gasteiger partial charge < -0.3 is 10.8 Å². The Morgan fingerprint density at radius 3 is 3.10 bits per heavy atom. The Bertz CT molecular complexity index is 707. The van der Waals surface area contributed by atoms with Gasteiger partial charge in [-0.15, -0.1) is 0 Å². The Balaban J connectivity index is 1.92. The number of halogens is 1. The van der Waals surface area contributed by atoms with Gasteiger partial charge >= 0.3 is 0 Å². The lowest BCUT2D eigenvalue weighted by Crippen LogP contribution is -2.19. The van der Waals surface area contributed by atoms with Gasteiger partial charge in [-0.1, -0.05) is 6.08 Å². The molecular formula is C12H13ClN6O. The standard InChI is InChI=1S/C12H13ClN6O/c13-12-17-10(14)9-4-16-19(11(9)18-12)5-8-3-7(6-20)1-2-15-8/h1-2,4,7,20H,3,5-6H2,(H2,14,17,18). The zero-order valence-corrected chi connectivity index (χ0v) is 11.3. The van der Waals surface area contributed by atoms with Crippen molar-refractivity contribution in [2.75, 3.05) is 12.3 Å². The van der Waals surface area contributed by atoms with Crippen LogP contribution in [0.3, 0.4) is 0 Å². The largest absolute Gasteiger partial charge is 0.396 e. The highest BCUT2D eigenvalue weighted by Gasteiger charge is 2.15. The Labute approximate surface area is 119 Å². The smallest absolute Gasteiger partial charge is 0.226 e. The number of hydrogen-bond acceptors (Lipinski definition) is 6. The van der Waals surface area contributed by atoms with E-state index in [1.807, 2.05) is 6.08 Å². The number of aliphatic hydroxyl groups excluding tert-OH is 1. The zero-order chi connectivity index (χ0) is 14.1. The fourth-order valence-electron chi connectivity index (χ4n) is 2.16. The second-order valence-corrected chi connectivity index (χ2v) is 4.94.